The van der Waals surface area contributed by atoms with Crippen molar-refractivity contribution in [2.75, 3.05) is 0 Å². The topological polar surface area (TPSA) is 47.8 Å². The first-order valence-corrected chi connectivity index (χ1v) is 5.74. The monoisotopic (exact) mass is 229 g/mol. The fraction of sp³-hybridized carbons (Fsp3) is 0.308. The number of pyridine rings is 1. The summed E-state index contributed by atoms with van der Waals surface area (Å²) in [7, 11) is 0. The van der Waals surface area contributed by atoms with Gasteiger partial charge in [0.2, 0.25) is 0 Å². The number of hydrogen-bond donors (Lipinski definition) is 0. The second-order valence-corrected chi connectivity index (χ2v) is 3.95. The minimum Gasteiger partial charge on any atom is -0.294 e. The van der Waals surface area contributed by atoms with Gasteiger partial charge in [-0.25, -0.2) is 0 Å². The van der Waals surface area contributed by atoms with Crippen molar-refractivity contribution in [3.63, 3.8) is 0 Å². The maximum Gasteiger partial charge on any atom is 0.170 e. The highest BCUT2D eigenvalue weighted by atomic mass is 16.1. The zero-order valence-corrected chi connectivity index (χ0v) is 9.84. The molecule has 0 atom stereocenters. The Morgan fingerprint density at radius 1 is 1.41 bits per heavy atom. The highest BCUT2D eigenvalue weighted by molar-refractivity contribution is 5.97. The van der Waals surface area contributed by atoms with Crippen LogP contribution in [0.25, 0.3) is 0 Å². The van der Waals surface area contributed by atoms with Crippen molar-refractivity contribution in [1.29, 1.82) is 0 Å². The largest absolute Gasteiger partial charge is 0.294 e. The summed E-state index contributed by atoms with van der Waals surface area (Å²) in [4.78, 5) is 15.9. The lowest BCUT2D eigenvalue weighted by atomic mass is 10.1. The third kappa shape index (κ3) is 3.00. The van der Waals surface area contributed by atoms with Gasteiger partial charge in [0.1, 0.15) is 0 Å². The average molecular weight is 229 g/mol. The molecule has 0 saturated carbocycles. The van der Waals surface area contributed by atoms with Crippen molar-refractivity contribution in [2.24, 2.45) is 0 Å². The molecule has 0 amide bonds. The first-order chi connectivity index (χ1) is 8.29. The van der Waals surface area contributed by atoms with Crippen molar-refractivity contribution in [2.45, 2.75) is 26.3 Å². The number of nitrogens with zero attached hydrogens (tertiary/aromatic N) is 3. The molecule has 0 aliphatic heterocycles. The second kappa shape index (κ2) is 5.39. The van der Waals surface area contributed by atoms with Crippen molar-refractivity contribution in [3.05, 3.63) is 48.0 Å². The van der Waals surface area contributed by atoms with Crippen molar-refractivity contribution < 1.29 is 4.79 Å². The molecule has 0 spiro atoms. The lowest BCUT2D eigenvalue weighted by Crippen LogP contribution is -2.03. The number of ketones is 1. The van der Waals surface area contributed by atoms with Crippen LogP contribution in [-0.4, -0.2) is 20.5 Å². The van der Waals surface area contributed by atoms with Crippen LogP contribution in [0.2, 0.25) is 0 Å². The molecule has 0 aliphatic rings. The van der Waals surface area contributed by atoms with E-state index < -0.39 is 0 Å². The van der Waals surface area contributed by atoms with E-state index in [1.807, 2.05) is 18.3 Å². The van der Waals surface area contributed by atoms with Crippen LogP contribution < -0.4 is 0 Å². The quantitative estimate of drug-likeness (QED) is 0.738. The third-order valence-corrected chi connectivity index (χ3v) is 2.50. The van der Waals surface area contributed by atoms with Gasteiger partial charge < -0.3 is 0 Å². The summed E-state index contributed by atoms with van der Waals surface area (Å²) in [6, 6.07) is 3.74. The molecule has 88 valence electrons. The summed E-state index contributed by atoms with van der Waals surface area (Å²) >= 11 is 0. The van der Waals surface area contributed by atoms with Gasteiger partial charge in [-0.15, -0.1) is 0 Å². The Kier molecular flexibility index (Phi) is 3.65. The fourth-order valence-electron chi connectivity index (χ4n) is 1.65. The average Bonchev–Trinajstić information content (AvgIpc) is 2.79. The maximum absolute atomic E-state index is 12.0. The zero-order chi connectivity index (χ0) is 12.1. The SMILES string of the molecule is CCCn1cc(C(=O)Cc2cccnc2)cn1. The number of carbonyl (C=O) groups excluding carboxylic acids is 1. The van der Waals surface area contributed by atoms with E-state index in [1.165, 1.54) is 0 Å². The summed E-state index contributed by atoms with van der Waals surface area (Å²) in [5.74, 6) is 0.0837. The lowest BCUT2D eigenvalue weighted by molar-refractivity contribution is 0.0993. The van der Waals surface area contributed by atoms with Crippen molar-refractivity contribution >= 4 is 5.78 Å². The van der Waals surface area contributed by atoms with E-state index >= 15 is 0 Å². The fourth-order valence-corrected chi connectivity index (χ4v) is 1.65. The normalized spacial score (nSPS) is 10.4. The van der Waals surface area contributed by atoms with Crippen LogP contribution in [0.4, 0.5) is 0 Å². The van der Waals surface area contributed by atoms with E-state index in [1.54, 1.807) is 23.3 Å². The number of Topliss-reactive ketones (excluding diaryl/α,β-unsaturated/α-hetero) is 1. The van der Waals surface area contributed by atoms with Crippen LogP contribution in [0.15, 0.2) is 36.9 Å². The molecule has 0 radical (unpaired) electrons. The second-order valence-electron chi connectivity index (χ2n) is 3.95. The van der Waals surface area contributed by atoms with E-state index in [-0.39, 0.29) is 5.78 Å². The van der Waals surface area contributed by atoms with E-state index in [9.17, 15) is 4.79 Å². The Hall–Kier alpha value is -1.97. The summed E-state index contributed by atoms with van der Waals surface area (Å²) in [5.41, 5.74) is 1.60. The first-order valence-electron chi connectivity index (χ1n) is 5.74. The van der Waals surface area contributed by atoms with Crippen molar-refractivity contribution in [3.8, 4) is 0 Å². The van der Waals surface area contributed by atoms with Crippen LogP contribution in [0.1, 0.15) is 29.3 Å². The van der Waals surface area contributed by atoms with Crippen LogP contribution in [-0.2, 0) is 13.0 Å². The Bertz CT molecular complexity index is 490. The Morgan fingerprint density at radius 3 is 3.00 bits per heavy atom. The molecule has 0 bridgehead atoms. The van der Waals surface area contributed by atoms with Gasteiger partial charge in [-0.2, -0.15) is 5.10 Å². The molecule has 0 aliphatic carbocycles. The molecule has 2 rings (SSSR count). The lowest BCUT2D eigenvalue weighted by Gasteiger charge is -1.98. The predicted molar refractivity (Wildman–Crippen MR) is 64.8 cm³/mol. The van der Waals surface area contributed by atoms with Crippen LogP contribution in [0.3, 0.4) is 0 Å². The number of carbonyl (C=O) groups is 1. The maximum atomic E-state index is 12.0. The Labute approximate surface area is 100 Å². The summed E-state index contributed by atoms with van der Waals surface area (Å²) in [6.45, 7) is 2.93. The Morgan fingerprint density at radius 2 is 2.29 bits per heavy atom. The van der Waals surface area contributed by atoms with Gasteiger partial charge in [0.15, 0.2) is 5.78 Å². The van der Waals surface area contributed by atoms with Crippen LogP contribution in [0.5, 0.6) is 0 Å². The molecule has 2 heterocycles. The molecular weight excluding hydrogens is 214 g/mol. The van der Waals surface area contributed by atoms with Gasteiger partial charge in [-0.05, 0) is 18.1 Å². The summed E-state index contributed by atoms with van der Waals surface area (Å²) in [5, 5.41) is 4.15. The highest BCUT2D eigenvalue weighted by Crippen LogP contribution is 2.06. The standard InChI is InChI=1S/C13H15N3O/c1-2-6-16-10-12(9-15-16)13(17)7-11-4-3-5-14-8-11/h3-5,8-10H,2,6-7H2,1H3. The highest BCUT2D eigenvalue weighted by Gasteiger charge is 2.09. The van der Waals surface area contributed by atoms with Gasteiger partial charge in [0.25, 0.3) is 0 Å². The van der Waals surface area contributed by atoms with E-state index in [4.69, 9.17) is 0 Å². The van der Waals surface area contributed by atoms with E-state index in [0.717, 1.165) is 18.5 Å². The van der Waals surface area contributed by atoms with Gasteiger partial charge in [-0.3, -0.25) is 14.5 Å². The van der Waals surface area contributed by atoms with Crippen LogP contribution >= 0.6 is 0 Å². The molecule has 4 nitrogen and oxygen atoms in total. The predicted octanol–water partition coefficient (Wildman–Crippen LogP) is 2.11. The molecule has 2 aromatic heterocycles. The zero-order valence-electron chi connectivity index (χ0n) is 9.84. The Balaban J connectivity index is 2.04. The van der Waals surface area contributed by atoms with Crippen LogP contribution in [0, 0.1) is 0 Å². The molecule has 0 aromatic carbocycles. The molecular formula is C13H15N3O. The number of aromatic nitrogens is 3. The van der Waals surface area contributed by atoms with Gasteiger partial charge >= 0.3 is 0 Å². The van der Waals surface area contributed by atoms with Gasteiger partial charge in [0.05, 0.1) is 11.8 Å². The molecule has 17 heavy (non-hydrogen) atoms. The summed E-state index contributed by atoms with van der Waals surface area (Å²) in [6.07, 6.45) is 8.25. The molecule has 0 fully saturated rings. The molecule has 0 unspecified atom stereocenters. The van der Waals surface area contributed by atoms with Gasteiger partial charge in [-0.1, -0.05) is 13.0 Å². The number of rotatable bonds is 5. The molecule has 0 saturated heterocycles. The molecule has 4 heteroatoms. The van der Waals surface area contributed by atoms with E-state index in [0.29, 0.717) is 12.0 Å². The third-order valence-electron chi connectivity index (χ3n) is 2.50. The minimum absolute atomic E-state index is 0.0837. The molecule has 0 N–H and O–H groups in total. The smallest absolute Gasteiger partial charge is 0.170 e. The van der Waals surface area contributed by atoms with Gasteiger partial charge in [0, 0.05) is 31.6 Å². The first kappa shape index (κ1) is 11.5. The molecule has 2 aromatic rings. The summed E-state index contributed by atoms with van der Waals surface area (Å²) < 4.78 is 1.80. The minimum atomic E-state index is 0.0837. The van der Waals surface area contributed by atoms with Crippen molar-refractivity contribution in [1.82, 2.24) is 14.8 Å². The van der Waals surface area contributed by atoms with E-state index in [2.05, 4.69) is 17.0 Å². The number of aryl methyl sites for hydroxylation is 1. The number of hydrogen-bond acceptors (Lipinski definition) is 3.